The van der Waals surface area contributed by atoms with Crippen LogP contribution < -0.4 is 24.8 Å². The first kappa shape index (κ1) is 39.0. The number of aryl methyl sites for hydroxylation is 2. The van der Waals surface area contributed by atoms with Crippen molar-refractivity contribution in [3.05, 3.63) is 136 Å². The summed E-state index contributed by atoms with van der Waals surface area (Å²) in [6, 6.07) is 28.6. The van der Waals surface area contributed by atoms with Crippen LogP contribution in [0.15, 0.2) is 91.1 Å². The molecule has 306 valence electrons. The van der Waals surface area contributed by atoms with Crippen LogP contribution in [0.25, 0.3) is 22.0 Å². The lowest BCUT2D eigenvalue weighted by atomic mass is 9.70. The Morgan fingerprint density at radius 3 is 2.53 bits per heavy atom. The molecule has 2 aliphatic heterocycles. The number of aromatic hydroxyl groups is 2. The molecule has 3 heterocycles. The molecule has 0 saturated heterocycles. The number of aliphatic hydroxyl groups excluding tert-OH is 1. The van der Waals surface area contributed by atoms with Gasteiger partial charge in [-0.3, -0.25) is 5.32 Å². The number of aliphatic hydroxyl groups is 1. The van der Waals surface area contributed by atoms with Crippen LogP contribution in [-0.4, -0.2) is 73.1 Å². The Labute approximate surface area is 345 Å². The summed E-state index contributed by atoms with van der Waals surface area (Å²) in [7, 11) is 5.39. The van der Waals surface area contributed by atoms with Crippen LogP contribution in [0.1, 0.15) is 63.0 Å². The highest BCUT2D eigenvalue weighted by atomic mass is 16.6. The third-order valence-corrected chi connectivity index (χ3v) is 12.6. The van der Waals surface area contributed by atoms with Crippen molar-refractivity contribution >= 4 is 10.9 Å². The van der Waals surface area contributed by atoms with Crippen molar-refractivity contribution in [3.63, 3.8) is 0 Å². The van der Waals surface area contributed by atoms with E-state index in [4.69, 9.17) is 18.9 Å². The van der Waals surface area contributed by atoms with Gasteiger partial charge in [0.2, 0.25) is 0 Å². The highest BCUT2D eigenvalue weighted by Gasteiger charge is 2.50. The van der Waals surface area contributed by atoms with Crippen molar-refractivity contribution in [2.75, 3.05) is 41.1 Å². The number of likely N-dealkylation sites (N-methyl/N-ethyl adjacent to an activating group) is 1. The Morgan fingerprint density at radius 1 is 0.864 bits per heavy atom. The van der Waals surface area contributed by atoms with Gasteiger partial charge in [-0.25, -0.2) is 0 Å². The Balaban J connectivity index is 1.22. The predicted octanol–water partition coefficient (Wildman–Crippen LogP) is 7.44. The number of aromatic nitrogens is 1. The number of benzene rings is 5. The number of aromatic amines is 1. The second-order valence-corrected chi connectivity index (χ2v) is 16.3. The maximum Gasteiger partial charge on any atom is 0.161 e. The molecule has 6 aromatic rings. The molecule has 0 spiro atoms. The molecule has 0 saturated carbocycles. The van der Waals surface area contributed by atoms with Crippen molar-refractivity contribution in [1.82, 2.24) is 15.6 Å². The Morgan fingerprint density at radius 2 is 1.73 bits per heavy atom. The topological polar surface area (TPSA) is 137 Å². The fraction of sp³-hybridized carbons (Fsp3) is 0.347. The molecule has 4 atom stereocenters. The van der Waals surface area contributed by atoms with E-state index in [1.807, 2.05) is 62.8 Å². The van der Waals surface area contributed by atoms with Gasteiger partial charge in [0.1, 0.15) is 29.0 Å². The summed E-state index contributed by atoms with van der Waals surface area (Å²) in [5.74, 6) is 2.32. The lowest BCUT2D eigenvalue weighted by Crippen LogP contribution is -2.54. The van der Waals surface area contributed by atoms with Gasteiger partial charge in [0.15, 0.2) is 17.6 Å². The molecule has 0 amide bonds. The van der Waals surface area contributed by atoms with Gasteiger partial charge < -0.3 is 44.6 Å². The Bertz CT molecular complexity index is 2480. The number of H-pyrrole nitrogens is 1. The summed E-state index contributed by atoms with van der Waals surface area (Å²) in [6.07, 6.45) is 5.65. The average molecular weight is 796 g/mol. The lowest BCUT2D eigenvalue weighted by molar-refractivity contribution is -0.128. The molecular formula is C49H53N3O7. The molecular weight excluding hydrogens is 743 g/mol. The molecule has 6 N–H and O–H groups in total. The summed E-state index contributed by atoms with van der Waals surface area (Å²) in [5.41, 5.74) is 10.5. The van der Waals surface area contributed by atoms with E-state index in [2.05, 4.69) is 52.0 Å². The smallest absolute Gasteiger partial charge is 0.161 e. The summed E-state index contributed by atoms with van der Waals surface area (Å²) < 4.78 is 27.0. The van der Waals surface area contributed by atoms with Gasteiger partial charge in [0, 0.05) is 41.4 Å². The molecule has 3 aliphatic rings. The first-order chi connectivity index (χ1) is 28.8. The average Bonchev–Trinajstić information content (AvgIpc) is 3.74. The minimum atomic E-state index is -0.890. The number of ether oxygens (including phenoxy) is 4. The highest BCUT2D eigenvalue weighted by Crippen LogP contribution is 2.58. The van der Waals surface area contributed by atoms with E-state index in [1.54, 1.807) is 13.2 Å². The number of rotatable bonds is 13. The van der Waals surface area contributed by atoms with Crippen LogP contribution in [0.3, 0.4) is 0 Å². The van der Waals surface area contributed by atoms with E-state index in [0.717, 1.165) is 79.8 Å². The van der Waals surface area contributed by atoms with E-state index in [1.165, 1.54) is 11.1 Å². The second kappa shape index (κ2) is 16.3. The van der Waals surface area contributed by atoms with Gasteiger partial charge >= 0.3 is 0 Å². The summed E-state index contributed by atoms with van der Waals surface area (Å²) in [5, 5.41) is 40.6. The van der Waals surface area contributed by atoms with Crippen LogP contribution in [-0.2, 0) is 43.3 Å². The molecule has 1 aliphatic carbocycles. The number of hydrogen-bond acceptors (Lipinski definition) is 9. The third kappa shape index (κ3) is 7.18. The van der Waals surface area contributed by atoms with Crippen LogP contribution in [0.2, 0.25) is 0 Å². The maximum atomic E-state index is 11.5. The number of methoxy groups -OCH3 is 1. The van der Waals surface area contributed by atoms with Crippen LogP contribution in [0.4, 0.5) is 0 Å². The van der Waals surface area contributed by atoms with Gasteiger partial charge in [0.05, 0.1) is 20.4 Å². The van der Waals surface area contributed by atoms with Gasteiger partial charge in [-0.15, -0.1) is 0 Å². The van der Waals surface area contributed by atoms with Gasteiger partial charge in [-0.2, -0.15) is 0 Å². The van der Waals surface area contributed by atoms with Crippen molar-refractivity contribution < 1.29 is 34.3 Å². The zero-order valence-corrected chi connectivity index (χ0v) is 33.9. The number of nitrogens with one attached hydrogen (secondary N) is 3. The third-order valence-electron chi connectivity index (χ3n) is 12.6. The molecule has 5 aromatic carbocycles. The predicted molar refractivity (Wildman–Crippen MR) is 229 cm³/mol. The molecule has 0 fully saturated rings. The molecule has 10 heteroatoms. The molecule has 9 rings (SSSR count). The van der Waals surface area contributed by atoms with Crippen LogP contribution in [0, 0.1) is 0 Å². The SMILES string of the molecule is CNCO[C@]1(CNC)Cc2c3c(c4c(c2O[C@@H]1c1cc(CCc2ccccc2)c(O)c(OC)c1)CC[C@@H](CO)O4)-c1ccc(O)cc1[C@H](Cc1ccc2[nH]ccc2c1)C3. The van der Waals surface area contributed by atoms with Gasteiger partial charge in [-0.1, -0.05) is 42.5 Å². The number of fused-ring (bicyclic) bond motifs is 9. The van der Waals surface area contributed by atoms with E-state index >= 15 is 0 Å². The molecule has 1 aromatic heterocycles. The normalized spacial score (nSPS) is 20.5. The number of phenols is 2. The largest absolute Gasteiger partial charge is 0.508 e. The van der Waals surface area contributed by atoms with E-state index in [9.17, 15) is 15.3 Å². The molecule has 0 radical (unpaired) electrons. The number of hydrogen-bond donors (Lipinski definition) is 6. The second-order valence-electron chi connectivity index (χ2n) is 16.3. The molecule has 10 nitrogen and oxygen atoms in total. The highest BCUT2D eigenvalue weighted by molar-refractivity contribution is 5.85. The van der Waals surface area contributed by atoms with E-state index in [-0.39, 0.29) is 36.9 Å². The zero-order chi connectivity index (χ0) is 40.7. The molecule has 0 unspecified atom stereocenters. The Kier molecular flexibility index (Phi) is 10.7. The van der Waals surface area contributed by atoms with Crippen molar-refractivity contribution in [2.24, 2.45) is 0 Å². The van der Waals surface area contributed by atoms with Crippen molar-refractivity contribution in [3.8, 4) is 39.9 Å². The van der Waals surface area contributed by atoms with E-state index in [0.29, 0.717) is 44.4 Å². The minimum absolute atomic E-state index is 0.0450. The Hall–Kier alpha value is -5.52. The van der Waals surface area contributed by atoms with E-state index < -0.39 is 11.7 Å². The first-order valence-electron chi connectivity index (χ1n) is 20.7. The lowest BCUT2D eigenvalue weighted by Gasteiger charge is -2.47. The van der Waals surface area contributed by atoms with Crippen LogP contribution >= 0.6 is 0 Å². The monoisotopic (exact) mass is 795 g/mol. The zero-order valence-electron chi connectivity index (χ0n) is 33.9. The summed E-state index contributed by atoms with van der Waals surface area (Å²) in [4.78, 5) is 3.31. The maximum absolute atomic E-state index is 11.5. The number of phenolic OH excluding ortho intramolecular Hbond substituents is 2. The summed E-state index contributed by atoms with van der Waals surface area (Å²) in [6.45, 7) is 0.665. The van der Waals surface area contributed by atoms with Gasteiger partial charge in [0.25, 0.3) is 0 Å². The van der Waals surface area contributed by atoms with Gasteiger partial charge in [-0.05, 0) is 145 Å². The fourth-order valence-corrected chi connectivity index (χ4v) is 9.83. The quantitative estimate of drug-likeness (QED) is 0.0660. The standard InChI is InChI=1S/C49H53N3O7/c1-50-27-49(57-28-51-2)25-41-40-22-33(20-30-10-16-42-31(19-30)17-18-52-42)39-24-35(54)12-14-37(39)44(40)47-38(15-13-36(26-53)58-47)46(41)59-48(49)34-21-32(45(55)43(23-34)56-3)11-9-29-7-5-4-6-8-29/h4-8,10,12,14,16-19,21,23-24,33,36,48,50-55H,9,11,13,15,20,22,25-28H2,1-3H3/t33-,36+,48-,49+/m1/s1. The molecule has 0 bridgehead atoms. The minimum Gasteiger partial charge on any atom is -0.508 e. The summed E-state index contributed by atoms with van der Waals surface area (Å²) >= 11 is 0. The van der Waals surface area contributed by atoms with Crippen molar-refractivity contribution in [2.45, 2.75) is 68.7 Å². The first-order valence-corrected chi connectivity index (χ1v) is 20.7. The molecule has 59 heavy (non-hydrogen) atoms. The fourth-order valence-electron chi connectivity index (χ4n) is 9.83. The van der Waals surface area contributed by atoms with Crippen molar-refractivity contribution in [1.29, 1.82) is 0 Å². The van der Waals surface area contributed by atoms with Crippen LogP contribution in [0.5, 0.6) is 28.7 Å².